The van der Waals surface area contributed by atoms with E-state index in [2.05, 4.69) is 23.2 Å². The van der Waals surface area contributed by atoms with Crippen molar-refractivity contribution < 1.29 is 0 Å². The van der Waals surface area contributed by atoms with E-state index >= 15 is 0 Å². The number of hydrogen-bond acceptors (Lipinski definition) is 1. The summed E-state index contributed by atoms with van der Waals surface area (Å²) in [5, 5.41) is 3.32. The van der Waals surface area contributed by atoms with Gasteiger partial charge in [0.1, 0.15) is 0 Å². The molecule has 0 aromatic rings. The summed E-state index contributed by atoms with van der Waals surface area (Å²) in [5.74, 6) is 5.88. The monoisotopic (exact) mass is 177 g/mol. The molecule has 0 aliphatic heterocycles. The SMILES string of the molecule is CC#CCNCCC1=CCCCC1. The second kappa shape index (κ2) is 6.74. The first-order chi connectivity index (χ1) is 6.43. The molecule has 1 heteroatoms. The molecule has 1 rings (SSSR count). The molecule has 0 fully saturated rings. The van der Waals surface area contributed by atoms with Gasteiger partial charge in [-0.3, -0.25) is 0 Å². The van der Waals surface area contributed by atoms with Gasteiger partial charge in [0.25, 0.3) is 0 Å². The molecule has 0 amide bonds. The number of allylic oxidation sites excluding steroid dienone is 1. The molecule has 0 saturated carbocycles. The quantitative estimate of drug-likeness (QED) is 0.395. The Morgan fingerprint density at radius 2 is 2.38 bits per heavy atom. The van der Waals surface area contributed by atoms with E-state index < -0.39 is 0 Å². The van der Waals surface area contributed by atoms with Gasteiger partial charge in [0.2, 0.25) is 0 Å². The molecule has 1 nitrogen and oxygen atoms in total. The van der Waals surface area contributed by atoms with Crippen LogP contribution in [0.4, 0.5) is 0 Å². The highest BCUT2D eigenvalue weighted by Crippen LogP contribution is 2.19. The second-order valence-corrected chi connectivity index (χ2v) is 3.46. The maximum Gasteiger partial charge on any atom is 0.0576 e. The molecule has 0 atom stereocenters. The lowest BCUT2D eigenvalue weighted by Crippen LogP contribution is -2.16. The molecule has 0 spiro atoms. The van der Waals surface area contributed by atoms with Crippen molar-refractivity contribution in [3.05, 3.63) is 11.6 Å². The summed E-state index contributed by atoms with van der Waals surface area (Å²) in [5.41, 5.74) is 1.64. The zero-order valence-electron chi connectivity index (χ0n) is 8.53. The van der Waals surface area contributed by atoms with Crippen LogP contribution in [0.1, 0.15) is 39.0 Å². The zero-order valence-corrected chi connectivity index (χ0v) is 8.53. The highest BCUT2D eigenvalue weighted by molar-refractivity contribution is 5.05. The molecule has 0 radical (unpaired) electrons. The number of nitrogens with one attached hydrogen (secondary N) is 1. The average Bonchev–Trinajstić information content (AvgIpc) is 2.19. The Labute approximate surface area is 81.6 Å². The third-order valence-corrected chi connectivity index (χ3v) is 2.40. The standard InChI is InChI=1S/C12H19N/c1-2-3-10-13-11-9-12-7-5-4-6-8-12/h7,13H,4-6,8-11H2,1H3. The first-order valence-electron chi connectivity index (χ1n) is 5.21. The van der Waals surface area contributed by atoms with Gasteiger partial charge in [0, 0.05) is 0 Å². The van der Waals surface area contributed by atoms with Crippen LogP contribution in [-0.2, 0) is 0 Å². The van der Waals surface area contributed by atoms with Crippen molar-refractivity contribution in [1.82, 2.24) is 5.32 Å². The van der Waals surface area contributed by atoms with Crippen molar-refractivity contribution >= 4 is 0 Å². The molecule has 72 valence electrons. The summed E-state index contributed by atoms with van der Waals surface area (Å²) in [6.45, 7) is 3.80. The Morgan fingerprint density at radius 3 is 3.08 bits per heavy atom. The lowest BCUT2D eigenvalue weighted by molar-refractivity contribution is 0.652. The summed E-state index contributed by atoms with van der Waals surface area (Å²) in [6.07, 6.45) is 9.02. The normalized spacial score (nSPS) is 15.9. The number of hydrogen-bond donors (Lipinski definition) is 1. The lowest BCUT2D eigenvalue weighted by atomic mass is 9.97. The van der Waals surface area contributed by atoms with Crippen LogP contribution in [0.25, 0.3) is 0 Å². The summed E-state index contributed by atoms with van der Waals surface area (Å²) < 4.78 is 0. The lowest BCUT2D eigenvalue weighted by Gasteiger charge is -2.12. The molecular formula is C12H19N. The molecular weight excluding hydrogens is 158 g/mol. The van der Waals surface area contributed by atoms with Crippen molar-refractivity contribution in [3.8, 4) is 11.8 Å². The Hall–Kier alpha value is -0.740. The van der Waals surface area contributed by atoms with Crippen molar-refractivity contribution in [2.45, 2.75) is 39.0 Å². The summed E-state index contributed by atoms with van der Waals surface area (Å²) in [7, 11) is 0. The molecule has 0 saturated heterocycles. The van der Waals surface area contributed by atoms with Gasteiger partial charge in [-0.15, -0.1) is 5.92 Å². The van der Waals surface area contributed by atoms with E-state index in [-0.39, 0.29) is 0 Å². The minimum absolute atomic E-state index is 0.837. The fourth-order valence-electron chi connectivity index (χ4n) is 1.62. The first-order valence-corrected chi connectivity index (χ1v) is 5.21. The van der Waals surface area contributed by atoms with E-state index in [9.17, 15) is 0 Å². The van der Waals surface area contributed by atoms with E-state index in [1.54, 1.807) is 5.57 Å². The van der Waals surface area contributed by atoms with Crippen molar-refractivity contribution in [2.24, 2.45) is 0 Å². The van der Waals surface area contributed by atoms with Gasteiger partial charge in [-0.25, -0.2) is 0 Å². The molecule has 0 aromatic heterocycles. The summed E-state index contributed by atoms with van der Waals surface area (Å²) in [6, 6.07) is 0. The third kappa shape index (κ3) is 4.75. The minimum atomic E-state index is 0.837. The van der Waals surface area contributed by atoms with Crippen LogP contribution in [0.15, 0.2) is 11.6 Å². The second-order valence-electron chi connectivity index (χ2n) is 3.46. The predicted octanol–water partition coefficient (Wildman–Crippen LogP) is 2.49. The van der Waals surface area contributed by atoms with Crippen LogP contribution in [0.3, 0.4) is 0 Å². The van der Waals surface area contributed by atoms with Gasteiger partial charge in [-0.2, -0.15) is 0 Å². The van der Waals surface area contributed by atoms with E-state index in [4.69, 9.17) is 0 Å². The molecule has 0 aromatic carbocycles. The van der Waals surface area contributed by atoms with Crippen molar-refractivity contribution in [3.63, 3.8) is 0 Å². The van der Waals surface area contributed by atoms with E-state index in [0.29, 0.717) is 0 Å². The van der Waals surface area contributed by atoms with Crippen molar-refractivity contribution in [1.29, 1.82) is 0 Å². The zero-order chi connectivity index (χ0) is 9.36. The van der Waals surface area contributed by atoms with Crippen LogP contribution < -0.4 is 5.32 Å². The largest absolute Gasteiger partial charge is 0.306 e. The highest BCUT2D eigenvalue weighted by atomic mass is 14.8. The van der Waals surface area contributed by atoms with Gasteiger partial charge in [0.15, 0.2) is 0 Å². The Kier molecular flexibility index (Phi) is 5.36. The van der Waals surface area contributed by atoms with Crippen LogP contribution in [0.5, 0.6) is 0 Å². The highest BCUT2D eigenvalue weighted by Gasteiger charge is 2.01. The summed E-state index contributed by atoms with van der Waals surface area (Å²) in [4.78, 5) is 0. The maximum atomic E-state index is 3.32. The minimum Gasteiger partial charge on any atom is -0.306 e. The van der Waals surface area contributed by atoms with Crippen LogP contribution in [-0.4, -0.2) is 13.1 Å². The molecule has 13 heavy (non-hydrogen) atoms. The third-order valence-electron chi connectivity index (χ3n) is 2.40. The van der Waals surface area contributed by atoms with Gasteiger partial charge >= 0.3 is 0 Å². The Balaban J connectivity index is 2.03. The van der Waals surface area contributed by atoms with E-state index in [1.165, 1.54) is 32.1 Å². The fraction of sp³-hybridized carbons (Fsp3) is 0.667. The predicted molar refractivity (Wildman–Crippen MR) is 57.5 cm³/mol. The van der Waals surface area contributed by atoms with Gasteiger partial charge in [-0.1, -0.05) is 17.6 Å². The van der Waals surface area contributed by atoms with Crippen LogP contribution in [0.2, 0.25) is 0 Å². The molecule has 1 N–H and O–H groups in total. The Bertz CT molecular complexity index is 217. The van der Waals surface area contributed by atoms with Crippen molar-refractivity contribution in [2.75, 3.05) is 13.1 Å². The van der Waals surface area contributed by atoms with Crippen LogP contribution in [0, 0.1) is 11.8 Å². The van der Waals surface area contributed by atoms with Crippen LogP contribution >= 0.6 is 0 Å². The van der Waals surface area contributed by atoms with E-state index in [0.717, 1.165) is 13.1 Å². The smallest absolute Gasteiger partial charge is 0.0576 e. The molecule has 1 aliphatic rings. The Morgan fingerprint density at radius 1 is 1.46 bits per heavy atom. The topological polar surface area (TPSA) is 12.0 Å². The van der Waals surface area contributed by atoms with Gasteiger partial charge in [0.05, 0.1) is 6.54 Å². The molecule has 0 heterocycles. The van der Waals surface area contributed by atoms with Gasteiger partial charge < -0.3 is 5.32 Å². The van der Waals surface area contributed by atoms with E-state index in [1.807, 2.05) is 6.92 Å². The summed E-state index contributed by atoms with van der Waals surface area (Å²) >= 11 is 0. The fourth-order valence-corrected chi connectivity index (χ4v) is 1.62. The molecule has 1 aliphatic carbocycles. The van der Waals surface area contributed by atoms with Gasteiger partial charge in [-0.05, 0) is 45.6 Å². The maximum absolute atomic E-state index is 3.32. The number of rotatable bonds is 4. The first kappa shape index (κ1) is 10.3. The molecule has 0 bridgehead atoms. The average molecular weight is 177 g/mol. The molecule has 0 unspecified atom stereocenters.